The summed E-state index contributed by atoms with van der Waals surface area (Å²) in [5.74, 6) is 1.28. The molecule has 0 spiro atoms. The highest BCUT2D eigenvalue weighted by molar-refractivity contribution is 5.86. The smallest absolute Gasteiger partial charge is 0.136 e. The van der Waals surface area contributed by atoms with Crippen molar-refractivity contribution < 1.29 is 9.13 Å². The Morgan fingerprint density at radius 1 is 0.957 bits per heavy atom. The lowest BCUT2D eigenvalue weighted by Crippen LogP contribution is -2.43. The SMILES string of the molecule is CN1CCN(C2=Cc3ccccc3Oc3ccc(F)cc32)CC1. The number of hydrogen-bond donors (Lipinski definition) is 0. The second kappa shape index (κ2) is 5.70. The number of nitrogens with zero attached hydrogens (tertiary/aromatic N) is 2. The normalized spacial score (nSPS) is 17.7. The number of halogens is 1. The van der Waals surface area contributed by atoms with Gasteiger partial charge in [-0.05, 0) is 37.4 Å². The maximum absolute atomic E-state index is 13.8. The summed E-state index contributed by atoms with van der Waals surface area (Å²) in [6.07, 6.45) is 2.12. The van der Waals surface area contributed by atoms with Crippen LogP contribution >= 0.6 is 0 Å². The van der Waals surface area contributed by atoms with Crippen molar-refractivity contribution in [1.82, 2.24) is 9.80 Å². The summed E-state index contributed by atoms with van der Waals surface area (Å²) in [6.45, 7) is 3.87. The predicted octanol–water partition coefficient (Wildman–Crippen LogP) is 3.68. The van der Waals surface area contributed by atoms with Gasteiger partial charge in [0.05, 0.1) is 0 Å². The monoisotopic (exact) mass is 310 g/mol. The van der Waals surface area contributed by atoms with E-state index in [1.807, 2.05) is 24.3 Å². The number of hydrogen-bond acceptors (Lipinski definition) is 3. The van der Waals surface area contributed by atoms with E-state index in [1.54, 1.807) is 12.1 Å². The molecule has 23 heavy (non-hydrogen) atoms. The van der Waals surface area contributed by atoms with E-state index >= 15 is 0 Å². The Balaban J connectivity index is 1.84. The summed E-state index contributed by atoms with van der Waals surface area (Å²) in [5.41, 5.74) is 2.89. The summed E-state index contributed by atoms with van der Waals surface area (Å²) >= 11 is 0. The first-order valence-corrected chi connectivity index (χ1v) is 7.93. The lowest BCUT2D eigenvalue weighted by molar-refractivity contribution is 0.207. The van der Waals surface area contributed by atoms with Gasteiger partial charge in [0.1, 0.15) is 17.3 Å². The lowest BCUT2D eigenvalue weighted by Gasteiger charge is -2.35. The average molecular weight is 310 g/mol. The molecule has 0 atom stereocenters. The van der Waals surface area contributed by atoms with Crippen molar-refractivity contribution in [2.45, 2.75) is 0 Å². The summed E-state index contributed by atoms with van der Waals surface area (Å²) in [7, 11) is 2.13. The lowest BCUT2D eigenvalue weighted by atomic mass is 10.1. The molecule has 0 bridgehead atoms. The van der Waals surface area contributed by atoms with Crippen LogP contribution in [0.1, 0.15) is 11.1 Å². The van der Waals surface area contributed by atoms with Crippen LogP contribution in [0.4, 0.5) is 4.39 Å². The average Bonchev–Trinajstić information content (AvgIpc) is 2.72. The molecule has 2 aliphatic rings. The third-order valence-corrected chi connectivity index (χ3v) is 4.49. The molecule has 1 saturated heterocycles. The van der Waals surface area contributed by atoms with E-state index in [4.69, 9.17) is 4.74 Å². The van der Waals surface area contributed by atoms with Gasteiger partial charge in [-0.2, -0.15) is 0 Å². The van der Waals surface area contributed by atoms with E-state index in [9.17, 15) is 4.39 Å². The van der Waals surface area contributed by atoms with Crippen LogP contribution in [0.2, 0.25) is 0 Å². The molecular weight excluding hydrogens is 291 g/mol. The molecule has 0 aliphatic carbocycles. The van der Waals surface area contributed by atoms with E-state index in [2.05, 4.69) is 22.9 Å². The van der Waals surface area contributed by atoms with Gasteiger partial charge in [-0.3, -0.25) is 0 Å². The summed E-state index contributed by atoms with van der Waals surface area (Å²) in [6, 6.07) is 12.7. The van der Waals surface area contributed by atoms with Crippen LogP contribution in [0.25, 0.3) is 11.8 Å². The van der Waals surface area contributed by atoms with Gasteiger partial charge in [0.2, 0.25) is 0 Å². The molecule has 0 saturated carbocycles. The minimum absolute atomic E-state index is 0.238. The first-order chi connectivity index (χ1) is 11.2. The van der Waals surface area contributed by atoms with E-state index in [0.717, 1.165) is 48.8 Å². The van der Waals surface area contributed by atoms with E-state index < -0.39 is 0 Å². The van der Waals surface area contributed by atoms with Crippen LogP contribution in [0.5, 0.6) is 11.5 Å². The van der Waals surface area contributed by atoms with Gasteiger partial charge in [0.15, 0.2) is 0 Å². The highest BCUT2D eigenvalue weighted by Gasteiger charge is 2.23. The number of likely N-dealkylation sites (N-methyl/N-ethyl adjacent to an activating group) is 1. The van der Waals surface area contributed by atoms with Crippen molar-refractivity contribution in [1.29, 1.82) is 0 Å². The molecule has 0 aromatic heterocycles. The fourth-order valence-electron chi connectivity index (χ4n) is 3.14. The van der Waals surface area contributed by atoms with Crippen molar-refractivity contribution >= 4 is 11.8 Å². The third-order valence-electron chi connectivity index (χ3n) is 4.49. The number of fused-ring (bicyclic) bond motifs is 2. The number of piperazine rings is 1. The zero-order valence-electron chi connectivity index (χ0n) is 13.1. The zero-order chi connectivity index (χ0) is 15.8. The number of benzene rings is 2. The fourth-order valence-corrected chi connectivity index (χ4v) is 3.14. The van der Waals surface area contributed by atoms with Gasteiger partial charge in [-0.1, -0.05) is 18.2 Å². The number of para-hydroxylation sites is 1. The van der Waals surface area contributed by atoms with E-state index in [-0.39, 0.29) is 5.82 Å². The van der Waals surface area contributed by atoms with E-state index in [0.29, 0.717) is 5.75 Å². The number of rotatable bonds is 1. The molecular formula is C19H19FN2O. The van der Waals surface area contributed by atoms with Gasteiger partial charge in [-0.25, -0.2) is 4.39 Å². The maximum atomic E-state index is 13.8. The predicted molar refractivity (Wildman–Crippen MR) is 89.9 cm³/mol. The third kappa shape index (κ3) is 2.70. The molecule has 2 heterocycles. The van der Waals surface area contributed by atoms with Gasteiger partial charge < -0.3 is 14.5 Å². The Bertz CT molecular complexity index is 764. The molecule has 3 nitrogen and oxygen atoms in total. The maximum Gasteiger partial charge on any atom is 0.136 e. The molecule has 2 aromatic carbocycles. The molecule has 0 unspecified atom stereocenters. The molecule has 2 aliphatic heterocycles. The minimum atomic E-state index is -0.238. The molecule has 4 heteroatoms. The molecule has 2 aromatic rings. The Hall–Kier alpha value is -2.33. The Labute approximate surface area is 135 Å². The zero-order valence-corrected chi connectivity index (χ0v) is 13.1. The molecule has 4 rings (SSSR count). The van der Waals surface area contributed by atoms with Crippen LogP contribution < -0.4 is 4.74 Å². The van der Waals surface area contributed by atoms with Crippen molar-refractivity contribution in [3.63, 3.8) is 0 Å². The van der Waals surface area contributed by atoms with Crippen molar-refractivity contribution in [2.24, 2.45) is 0 Å². The van der Waals surface area contributed by atoms with Crippen LogP contribution in [-0.4, -0.2) is 43.0 Å². The number of ether oxygens (including phenoxy) is 1. The highest BCUT2D eigenvalue weighted by Crippen LogP contribution is 2.39. The largest absolute Gasteiger partial charge is 0.456 e. The topological polar surface area (TPSA) is 15.7 Å². The van der Waals surface area contributed by atoms with Gasteiger partial charge in [0.25, 0.3) is 0 Å². The fraction of sp³-hybridized carbons (Fsp3) is 0.263. The molecule has 0 amide bonds. The van der Waals surface area contributed by atoms with Crippen molar-refractivity contribution in [3.05, 3.63) is 59.4 Å². The highest BCUT2D eigenvalue weighted by atomic mass is 19.1. The van der Waals surface area contributed by atoms with Gasteiger partial charge >= 0.3 is 0 Å². The first kappa shape index (κ1) is 14.3. The summed E-state index contributed by atoms with van der Waals surface area (Å²) in [5, 5.41) is 0. The van der Waals surface area contributed by atoms with Gasteiger partial charge in [-0.15, -0.1) is 0 Å². The second-order valence-electron chi connectivity index (χ2n) is 6.10. The Morgan fingerprint density at radius 2 is 1.74 bits per heavy atom. The molecule has 0 radical (unpaired) electrons. The van der Waals surface area contributed by atoms with Crippen molar-refractivity contribution in [2.75, 3.05) is 33.2 Å². The van der Waals surface area contributed by atoms with Crippen LogP contribution in [0, 0.1) is 5.82 Å². The molecule has 0 N–H and O–H groups in total. The van der Waals surface area contributed by atoms with Crippen LogP contribution in [0.3, 0.4) is 0 Å². The van der Waals surface area contributed by atoms with Crippen molar-refractivity contribution in [3.8, 4) is 11.5 Å². The quantitative estimate of drug-likeness (QED) is 0.799. The van der Waals surface area contributed by atoms with E-state index in [1.165, 1.54) is 6.07 Å². The Kier molecular flexibility index (Phi) is 3.54. The molecule has 1 fully saturated rings. The van der Waals surface area contributed by atoms with Crippen LogP contribution in [0.15, 0.2) is 42.5 Å². The molecule has 118 valence electrons. The van der Waals surface area contributed by atoms with Gasteiger partial charge in [0, 0.05) is 43.0 Å². The first-order valence-electron chi connectivity index (χ1n) is 7.93. The standard InChI is InChI=1S/C19H19FN2O/c1-21-8-10-22(11-9-21)17-12-14-4-2-3-5-18(14)23-19-7-6-15(20)13-16(17)19/h2-7,12-13H,8-11H2,1H3. The summed E-state index contributed by atoms with van der Waals surface area (Å²) < 4.78 is 19.9. The van der Waals surface area contributed by atoms with Crippen LogP contribution in [-0.2, 0) is 0 Å². The summed E-state index contributed by atoms with van der Waals surface area (Å²) in [4.78, 5) is 4.63. The second-order valence-corrected chi connectivity index (χ2v) is 6.10. The Morgan fingerprint density at radius 3 is 2.57 bits per heavy atom. The minimum Gasteiger partial charge on any atom is -0.456 e.